The van der Waals surface area contributed by atoms with Gasteiger partial charge in [0.05, 0.1) is 6.61 Å². The van der Waals surface area contributed by atoms with Crippen molar-refractivity contribution in [3.05, 3.63) is 35.9 Å². The van der Waals surface area contributed by atoms with Crippen LogP contribution in [0.3, 0.4) is 0 Å². The van der Waals surface area contributed by atoms with Crippen LogP contribution in [0.1, 0.15) is 45.2 Å². The predicted molar refractivity (Wildman–Crippen MR) is 88.6 cm³/mol. The molecule has 1 N–H and O–H groups in total. The van der Waals surface area contributed by atoms with Crippen LogP contribution in [0.2, 0.25) is 0 Å². The number of ether oxygens (including phenoxy) is 1. The molecule has 1 aromatic rings. The Bertz CT molecular complexity index is 403. The molecule has 118 valence electrons. The topological polar surface area (TPSA) is 24.5 Å². The Morgan fingerprint density at radius 2 is 1.90 bits per heavy atom. The van der Waals surface area contributed by atoms with E-state index >= 15 is 0 Å². The molecule has 1 aromatic carbocycles. The zero-order valence-corrected chi connectivity index (χ0v) is 13.8. The van der Waals surface area contributed by atoms with Gasteiger partial charge in [0.2, 0.25) is 0 Å². The van der Waals surface area contributed by atoms with Crippen LogP contribution in [-0.4, -0.2) is 43.3 Å². The van der Waals surface area contributed by atoms with Gasteiger partial charge in [-0.1, -0.05) is 44.2 Å². The fraction of sp³-hybridized carbons (Fsp3) is 0.667. The first-order valence-electron chi connectivity index (χ1n) is 8.36. The van der Waals surface area contributed by atoms with Gasteiger partial charge in [-0.15, -0.1) is 0 Å². The van der Waals surface area contributed by atoms with Gasteiger partial charge in [0.1, 0.15) is 0 Å². The maximum Gasteiger partial charge on any atom is 0.0593 e. The Balaban J connectivity index is 2.12. The second kappa shape index (κ2) is 7.92. The molecule has 1 saturated heterocycles. The van der Waals surface area contributed by atoms with E-state index in [9.17, 15) is 0 Å². The number of benzene rings is 1. The van der Waals surface area contributed by atoms with Gasteiger partial charge in [-0.05, 0) is 25.3 Å². The monoisotopic (exact) mass is 290 g/mol. The highest BCUT2D eigenvalue weighted by Gasteiger charge is 2.36. The molecule has 1 heterocycles. The van der Waals surface area contributed by atoms with Crippen LogP contribution in [0.5, 0.6) is 0 Å². The van der Waals surface area contributed by atoms with Crippen LogP contribution >= 0.6 is 0 Å². The molecule has 0 spiro atoms. The molecule has 1 fully saturated rings. The summed E-state index contributed by atoms with van der Waals surface area (Å²) in [7, 11) is 0. The van der Waals surface area contributed by atoms with Gasteiger partial charge < -0.3 is 10.1 Å². The third-order valence-corrected chi connectivity index (χ3v) is 4.88. The van der Waals surface area contributed by atoms with Crippen LogP contribution in [0.25, 0.3) is 0 Å². The van der Waals surface area contributed by atoms with Crippen LogP contribution in [0.15, 0.2) is 30.3 Å². The third kappa shape index (κ3) is 4.06. The van der Waals surface area contributed by atoms with Crippen molar-refractivity contribution in [1.82, 2.24) is 10.2 Å². The minimum Gasteiger partial charge on any atom is -0.380 e. The van der Waals surface area contributed by atoms with E-state index in [1.54, 1.807) is 0 Å². The lowest BCUT2D eigenvalue weighted by atomic mass is 9.87. The second-order valence-corrected chi connectivity index (χ2v) is 5.96. The van der Waals surface area contributed by atoms with E-state index in [2.05, 4.69) is 61.3 Å². The van der Waals surface area contributed by atoms with Gasteiger partial charge in [0, 0.05) is 37.8 Å². The van der Waals surface area contributed by atoms with E-state index in [1.807, 2.05) is 0 Å². The summed E-state index contributed by atoms with van der Waals surface area (Å²) in [5.41, 5.74) is 1.67. The maximum absolute atomic E-state index is 5.59. The van der Waals surface area contributed by atoms with Crippen molar-refractivity contribution in [2.24, 2.45) is 0 Å². The van der Waals surface area contributed by atoms with Crippen molar-refractivity contribution < 1.29 is 4.74 Å². The van der Waals surface area contributed by atoms with Crippen molar-refractivity contribution in [2.45, 2.75) is 45.2 Å². The molecule has 3 nitrogen and oxygen atoms in total. The summed E-state index contributed by atoms with van der Waals surface area (Å²) < 4.78 is 5.59. The molecule has 0 saturated carbocycles. The van der Waals surface area contributed by atoms with Crippen LogP contribution in [0.4, 0.5) is 0 Å². The summed E-state index contributed by atoms with van der Waals surface area (Å²) >= 11 is 0. The van der Waals surface area contributed by atoms with Crippen molar-refractivity contribution in [3.8, 4) is 0 Å². The molecule has 1 unspecified atom stereocenters. The fourth-order valence-electron chi connectivity index (χ4n) is 3.29. The van der Waals surface area contributed by atoms with Crippen molar-refractivity contribution in [2.75, 3.05) is 32.8 Å². The molecule has 3 heteroatoms. The van der Waals surface area contributed by atoms with Gasteiger partial charge in [0.25, 0.3) is 0 Å². The summed E-state index contributed by atoms with van der Waals surface area (Å²) in [6, 6.07) is 11.3. The fourth-order valence-corrected chi connectivity index (χ4v) is 3.29. The summed E-state index contributed by atoms with van der Waals surface area (Å²) in [5.74, 6) is 0. The number of piperazine rings is 1. The van der Waals surface area contributed by atoms with Gasteiger partial charge >= 0.3 is 0 Å². The average Bonchev–Trinajstić information content (AvgIpc) is 2.56. The Morgan fingerprint density at radius 1 is 1.19 bits per heavy atom. The molecule has 0 bridgehead atoms. The maximum atomic E-state index is 5.59. The number of hydrogen-bond donors (Lipinski definition) is 1. The highest BCUT2D eigenvalue weighted by Crippen LogP contribution is 2.30. The smallest absolute Gasteiger partial charge is 0.0593 e. The Morgan fingerprint density at radius 3 is 2.52 bits per heavy atom. The first-order valence-corrected chi connectivity index (χ1v) is 8.36. The van der Waals surface area contributed by atoms with E-state index in [-0.39, 0.29) is 5.54 Å². The summed E-state index contributed by atoms with van der Waals surface area (Å²) in [5, 5.41) is 3.82. The molecule has 1 aliphatic rings. The molecule has 21 heavy (non-hydrogen) atoms. The van der Waals surface area contributed by atoms with E-state index < -0.39 is 0 Å². The number of hydrogen-bond acceptors (Lipinski definition) is 3. The molecule has 0 amide bonds. The lowest BCUT2D eigenvalue weighted by molar-refractivity contribution is 0.0394. The van der Waals surface area contributed by atoms with Crippen molar-refractivity contribution in [1.29, 1.82) is 0 Å². The highest BCUT2D eigenvalue weighted by atomic mass is 16.5. The largest absolute Gasteiger partial charge is 0.380 e. The molecule has 2 rings (SSSR count). The van der Waals surface area contributed by atoms with Crippen LogP contribution < -0.4 is 5.32 Å². The normalized spacial score (nSPS) is 22.3. The predicted octanol–water partition coefficient (Wildman–Crippen LogP) is 3.23. The molecule has 0 aliphatic carbocycles. The van der Waals surface area contributed by atoms with Gasteiger partial charge in [-0.2, -0.15) is 0 Å². The van der Waals surface area contributed by atoms with E-state index in [0.717, 1.165) is 32.8 Å². The molecular weight excluding hydrogens is 260 g/mol. The van der Waals surface area contributed by atoms with E-state index in [0.29, 0.717) is 6.04 Å². The van der Waals surface area contributed by atoms with E-state index in [1.165, 1.54) is 18.4 Å². The first kappa shape index (κ1) is 16.5. The van der Waals surface area contributed by atoms with E-state index in [4.69, 9.17) is 4.74 Å². The third-order valence-electron chi connectivity index (χ3n) is 4.88. The second-order valence-electron chi connectivity index (χ2n) is 5.96. The van der Waals surface area contributed by atoms with Crippen molar-refractivity contribution >= 4 is 0 Å². The lowest BCUT2D eigenvalue weighted by Gasteiger charge is -2.47. The molecular formula is C18H30N2O. The van der Waals surface area contributed by atoms with Gasteiger partial charge in [-0.25, -0.2) is 0 Å². The number of nitrogens with zero attached hydrogens (tertiary/aromatic N) is 1. The first-order chi connectivity index (χ1) is 10.2. The summed E-state index contributed by atoms with van der Waals surface area (Å²) in [6.07, 6.45) is 2.35. The van der Waals surface area contributed by atoms with Crippen LogP contribution in [-0.2, 0) is 4.74 Å². The number of rotatable bonds is 7. The lowest BCUT2D eigenvalue weighted by Crippen LogP contribution is -2.61. The minimum atomic E-state index is 0.261. The SMILES string of the molecule is CCOCCN1CC(CC)(CC)NCC1c1ccccc1. The molecule has 1 aliphatic heterocycles. The van der Waals surface area contributed by atoms with Gasteiger partial charge in [0.15, 0.2) is 0 Å². The highest BCUT2D eigenvalue weighted by molar-refractivity contribution is 5.21. The zero-order valence-electron chi connectivity index (χ0n) is 13.8. The Kier molecular flexibility index (Phi) is 6.22. The number of nitrogens with one attached hydrogen (secondary N) is 1. The summed E-state index contributed by atoms with van der Waals surface area (Å²) in [4.78, 5) is 2.61. The quantitative estimate of drug-likeness (QED) is 0.780. The molecule has 0 radical (unpaired) electrons. The molecule has 0 aromatic heterocycles. The standard InChI is InChI=1S/C18H30N2O/c1-4-18(5-2)15-20(12-13-21-6-3)17(14-19-18)16-10-8-7-9-11-16/h7-11,17,19H,4-6,12-15H2,1-3H3. The Hall–Kier alpha value is -0.900. The minimum absolute atomic E-state index is 0.261. The average molecular weight is 290 g/mol. The van der Waals surface area contributed by atoms with Crippen molar-refractivity contribution in [3.63, 3.8) is 0 Å². The molecule has 1 atom stereocenters. The van der Waals surface area contributed by atoms with Gasteiger partial charge in [-0.3, -0.25) is 4.90 Å². The zero-order chi connectivity index (χ0) is 15.1. The summed E-state index contributed by atoms with van der Waals surface area (Å²) in [6.45, 7) is 11.4. The van der Waals surface area contributed by atoms with Crippen LogP contribution in [0, 0.1) is 0 Å². The Labute approximate surface area is 129 Å².